The highest BCUT2D eigenvalue weighted by atomic mass is 79.9. The van der Waals surface area contributed by atoms with E-state index in [1.165, 1.54) is 11.8 Å². The van der Waals surface area contributed by atoms with Crippen LogP contribution in [0.5, 0.6) is 0 Å². The zero-order chi connectivity index (χ0) is 9.07. The molecule has 0 bridgehead atoms. The molecule has 0 spiro atoms. The predicted molar refractivity (Wildman–Crippen MR) is 55.4 cm³/mol. The molecule has 0 aromatic rings. The maximum Gasteiger partial charge on any atom is 0.203 e. The zero-order valence-corrected chi connectivity index (χ0v) is 9.88. The van der Waals surface area contributed by atoms with Crippen molar-refractivity contribution >= 4 is 32.8 Å². The van der Waals surface area contributed by atoms with Crippen LogP contribution < -0.4 is 0 Å². The molecular weight excluding hydrogens is 224 g/mol. The Kier molecular flexibility index (Phi) is 4.71. The molecule has 0 rings (SSSR count). The molecule has 3 heteroatoms. The highest BCUT2D eigenvalue weighted by Crippen LogP contribution is 2.27. The second-order valence-corrected chi connectivity index (χ2v) is 6.35. The highest BCUT2D eigenvalue weighted by Gasteiger charge is 2.21. The Morgan fingerprint density at radius 2 is 2.00 bits per heavy atom. The van der Waals surface area contributed by atoms with Crippen LogP contribution in [0.2, 0.25) is 0 Å². The van der Waals surface area contributed by atoms with Gasteiger partial charge in [-0.1, -0.05) is 55.4 Å². The molecule has 0 fully saturated rings. The minimum absolute atomic E-state index is 0.0201. The third-order valence-electron chi connectivity index (χ3n) is 1.02. The first-order valence-corrected chi connectivity index (χ1v) is 5.47. The second-order valence-electron chi connectivity index (χ2n) is 3.41. The number of thioether (sulfide) groups is 1. The van der Waals surface area contributed by atoms with Gasteiger partial charge in [0, 0.05) is 4.75 Å². The molecule has 0 aromatic heterocycles. The number of halogens is 1. The van der Waals surface area contributed by atoms with E-state index in [9.17, 15) is 4.79 Å². The van der Waals surface area contributed by atoms with Crippen LogP contribution in [0.4, 0.5) is 0 Å². The van der Waals surface area contributed by atoms with Gasteiger partial charge in [0.2, 0.25) is 5.12 Å². The molecule has 0 saturated carbocycles. The summed E-state index contributed by atoms with van der Waals surface area (Å²) >= 11 is 4.73. The van der Waals surface area contributed by atoms with Crippen molar-refractivity contribution in [2.75, 3.05) is 0 Å². The molecule has 0 N–H and O–H groups in total. The van der Waals surface area contributed by atoms with Crippen LogP contribution in [0, 0.1) is 0 Å². The van der Waals surface area contributed by atoms with E-state index >= 15 is 0 Å². The minimum atomic E-state index is 0.0201. The number of rotatable bonds is 2. The molecule has 0 amide bonds. The fourth-order valence-corrected chi connectivity index (χ4v) is 1.71. The summed E-state index contributed by atoms with van der Waals surface area (Å²) < 4.78 is 0.0400. The number of hydrogen-bond donors (Lipinski definition) is 0. The van der Waals surface area contributed by atoms with E-state index < -0.39 is 0 Å². The summed E-state index contributed by atoms with van der Waals surface area (Å²) in [5.74, 6) is 0. The minimum Gasteiger partial charge on any atom is -0.286 e. The lowest BCUT2D eigenvalue weighted by Gasteiger charge is -2.17. The van der Waals surface area contributed by atoms with Crippen LogP contribution in [-0.2, 0) is 4.79 Å². The van der Waals surface area contributed by atoms with Gasteiger partial charge < -0.3 is 0 Å². The average molecular weight is 239 g/mol. The van der Waals surface area contributed by atoms with E-state index in [4.69, 9.17) is 0 Å². The molecule has 1 unspecified atom stereocenters. The fourth-order valence-electron chi connectivity index (χ4n) is 0.532. The maximum atomic E-state index is 11.3. The average Bonchev–Trinajstić information content (AvgIpc) is 1.82. The number of hydrogen-bond acceptors (Lipinski definition) is 2. The van der Waals surface area contributed by atoms with Crippen LogP contribution in [0.1, 0.15) is 34.1 Å². The molecule has 0 saturated heterocycles. The Bertz CT molecular complexity index is 140. The van der Waals surface area contributed by atoms with E-state index in [1.54, 1.807) is 0 Å². The first kappa shape index (κ1) is 11.5. The smallest absolute Gasteiger partial charge is 0.203 e. The topological polar surface area (TPSA) is 17.1 Å². The van der Waals surface area contributed by atoms with Gasteiger partial charge in [-0.3, -0.25) is 4.79 Å². The van der Waals surface area contributed by atoms with Crippen molar-refractivity contribution in [3.05, 3.63) is 0 Å². The van der Waals surface area contributed by atoms with E-state index in [0.717, 1.165) is 6.42 Å². The van der Waals surface area contributed by atoms with Crippen molar-refractivity contribution in [1.82, 2.24) is 0 Å². The Morgan fingerprint density at radius 3 is 2.27 bits per heavy atom. The van der Waals surface area contributed by atoms with Crippen molar-refractivity contribution in [2.45, 2.75) is 43.7 Å². The van der Waals surface area contributed by atoms with E-state index in [1.807, 2.05) is 27.7 Å². The van der Waals surface area contributed by atoms with Crippen LogP contribution in [-0.4, -0.2) is 14.7 Å². The quantitative estimate of drug-likeness (QED) is 0.688. The monoisotopic (exact) mass is 238 g/mol. The zero-order valence-electron chi connectivity index (χ0n) is 7.48. The lowest BCUT2D eigenvalue weighted by Crippen LogP contribution is -2.17. The predicted octanol–water partition coefficient (Wildman–Crippen LogP) is 3.22. The van der Waals surface area contributed by atoms with Gasteiger partial charge in [-0.25, -0.2) is 0 Å². The van der Waals surface area contributed by atoms with Crippen LogP contribution in [0.3, 0.4) is 0 Å². The first-order valence-electron chi connectivity index (χ1n) is 3.73. The first-order chi connectivity index (χ1) is 4.87. The molecule has 0 aromatic carbocycles. The van der Waals surface area contributed by atoms with Gasteiger partial charge in [0.25, 0.3) is 0 Å². The highest BCUT2D eigenvalue weighted by molar-refractivity contribution is 9.10. The lowest BCUT2D eigenvalue weighted by atomic mass is 10.3. The van der Waals surface area contributed by atoms with Crippen molar-refractivity contribution in [3.63, 3.8) is 0 Å². The van der Waals surface area contributed by atoms with Gasteiger partial charge >= 0.3 is 0 Å². The van der Waals surface area contributed by atoms with E-state index in [-0.39, 0.29) is 14.7 Å². The molecule has 0 heterocycles. The third-order valence-corrected chi connectivity index (χ3v) is 3.49. The third kappa shape index (κ3) is 5.74. The molecule has 0 aliphatic rings. The number of carbonyl (C=O) groups is 1. The normalized spacial score (nSPS) is 14.6. The summed E-state index contributed by atoms with van der Waals surface area (Å²) in [5.41, 5.74) is 0. The molecular formula is C8H15BrOS. The Labute approximate surface area is 81.4 Å². The Balaban J connectivity index is 3.88. The summed E-state index contributed by atoms with van der Waals surface area (Å²) in [6.45, 7) is 8.14. The molecule has 66 valence electrons. The maximum absolute atomic E-state index is 11.3. The number of alkyl halides is 1. The summed E-state index contributed by atoms with van der Waals surface area (Å²) in [4.78, 5) is 11.3. The number of carbonyl (C=O) groups excluding carboxylic acids is 1. The van der Waals surface area contributed by atoms with Crippen molar-refractivity contribution in [3.8, 4) is 0 Å². The second kappa shape index (κ2) is 4.51. The van der Waals surface area contributed by atoms with Crippen molar-refractivity contribution in [2.24, 2.45) is 0 Å². The molecule has 0 radical (unpaired) electrons. The van der Waals surface area contributed by atoms with E-state index in [2.05, 4.69) is 15.9 Å². The molecule has 1 atom stereocenters. The van der Waals surface area contributed by atoms with Crippen LogP contribution in [0.25, 0.3) is 0 Å². The summed E-state index contributed by atoms with van der Waals surface area (Å²) in [6, 6.07) is 0. The molecule has 0 aliphatic heterocycles. The standard InChI is InChI=1S/C8H15BrOS/c1-5-6(9)7(10)11-8(2,3)4/h6H,5H2,1-4H3. The lowest BCUT2D eigenvalue weighted by molar-refractivity contribution is -0.110. The largest absolute Gasteiger partial charge is 0.286 e. The SMILES string of the molecule is CCC(Br)C(=O)SC(C)(C)C. The van der Waals surface area contributed by atoms with Crippen LogP contribution in [0.15, 0.2) is 0 Å². The van der Waals surface area contributed by atoms with Crippen molar-refractivity contribution in [1.29, 1.82) is 0 Å². The van der Waals surface area contributed by atoms with Gasteiger partial charge in [-0.2, -0.15) is 0 Å². The van der Waals surface area contributed by atoms with Gasteiger partial charge in [-0.05, 0) is 6.42 Å². The van der Waals surface area contributed by atoms with Gasteiger partial charge in [-0.15, -0.1) is 0 Å². The van der Waals surface area contributed by atoms with Gasteiger partial charge in [0.05, 0.1) is 4.83 Å². The summed E-state index contributed by atoms with van der Waals surface area (Å²) in [7, 11) is 0. The summed E-state index contributed by atoms with van der Waals surface area (Å²) in [6.07, 6.45) is 0.863. The van der Waals surface area contributed by atoms with Crippen LogP contribution >= 0.6 is 27.7 Å². The van der Waals surface area contributed by atoms with Gasteiger partial charge in [0.1, 0.15) is 0 Å². The van der Waals surface area contributed by atoms with Gasteiger partial charge in [0.15, 0.2) is 0 Å². The molecule has 0 aliphatic carbocycles. The Hall–Kier alpha value is 0.500. The Morgan fingerprint density at radius 1 is 1.55 bits per heavy atom. The van der Waals surface area contributed by atoms with Crippen molar-refractivity contribution < 1.29 is 4.79 Å². The molecule has 11 heavy (non-hydrogen) atoms. The van der Waals surface area contributed by atoms with E-state index in [0.29, 0.717) is 0 Å². The molecule has 1 nitrogen and oxygen atoms in total. The summed E-state index contributed by atoms with van der Waals surface area (Å²) in [5, 5.41) is 0.236. The fraction of sp³-hybridized carbons (Fsp3) is 0.875.